The molecule has 0 atom stereocenters. The van der Waals surface area contributed by atoms with Gasteiger partial charge in [0.25, 0.3) is 5.91 Å². The van der Waals surface area contributed by atoms with Crippen molar-refractivity contribution in [3.05, 3.63) is 11.1 Å². The maximum absolute atomic E-state index is 11.4. The van der Waals surface area contributed by atoms with E-state index in [1.807, 2.05) is 13.8 Å². The molecule has 0 spiro atoms. The van der Waals surface area contributed by atoms with Crippen LogP contribution >= 0.6 is 0 Å². The Morgan fingerprint density at radius 2 is 2.17 bits per heavy atom. The van der Waals surface area contributed by atoms with Crippen LogP contribution in [0.4, 0.5) is 0 Å². The number of imide groups is 1. The largest absolute Gasteiger partial charge is 0.275 e. The number of hydrogen-bond acceptors (Lipinski definition) is 2. The van der Waals surface area contributed by atoms with Crippen LogP contribution in [0.3, 0.4) is 0 Å². The molecule has 0 aromatic rings. The van der Waals surface area contributed by atoms with Crippen LogP contribution in [0, 0.1) is 0 Å². The van der Waals surface area contributed by atoms with Gasteiger partial charge in [0.15, 0.2) is 0 Å². The Bertz CT molecular complexity index is 266. The third-order valence-corrected chi connectivity index (χ3v) is 2.15. The molecule has 1 rings (SSSR count). The highest BCUT2D eigenvalue weighted by molar-refractivity contribution is 6.06. The lowest BCUT2D eigenvalue weighted by molar-refractivity contribution is -0.139. The van der Waals surface area contributed by atoms with E-state index < -0.39 is 0 Å². The fraction of sp³-hybridized carbons (Fsp3) is 0.556. The second kappa shape index (κ2) is 3.09. The van der Waals surface area contributed by atoms with Gasteiger partial charge in [-0.05, 0) is 18.9 Å². The smallest absolute Gasteiger partial charge is 0.256 e. The molecule has 0 fully saturated rings. The van der Waals surface area contributed by atoms with Gasteiger partial charge in [0.1, 0.15) is 0 Å². The Labute approximate surface area is 72.0 Å². The minimum absolute atomic E-state index is 0.109. The molecular formula is C9H13NO2. The Morgan fingerprint density at radius 3 is 2.42 bits per heavy atom. The molecule has 0 aromatic carbocycles. The number of rotatable bonds is 1. The van der Waals surface area contributed by atoms with Crippen molar-refractivity contribution in [1.29, 1.82) is 0 Å². The van der Waals surface area contributed by atoms with E-state index in [9.17, 15) is 9.59 Å². The van der Waals surface area contributed by atoms with Gasteiger partial charge in [-0.1, -0.05) is 6.92 Å². The van der Waals surface area contributed by atoms with Crippen molar-refractivity contribution in [2.75, 3.05) is 6.54 Å². The normalized spacial score (nSPS) is 17.6. The van der Waals surface area contributed by atoms with E-state index in [0.717, 1.165) is 11.1 Å². The van der Waals surface area contributed by atoms with Gasteiger partial charge in [0.2, 0.25) is 5.91 Å². The average Bonchev–Trinajstić information content (AvgIpc) is 2.27. The van der Waals surface area contributed by atoms with Crippen LogP contribution in [0.5, 0.6) is 0 Å². The molecule has 3 heteroatoms. The summed E-state index contributed by atoms with van der Waals surface area (Å²) >= 11 is 0. The molecule has 2 amide bonds. The molecule has 1 aliphatic rings. The fourth-order valence-electron chi connectivity index (χ4n) is 1.46. The van der Waals surface area contributed by atoms with Crippen molar-refractivity contribution in [3.63, 3.8) is 0 Å². The third-order valence-electron chi connectivity index (χ3n) is 2.15. The highest BCUT2D eigenvalue weighted by atomic mass is 16.2. The van der Waals surface area contributed by atoms with Crippen LogP contribution in [0.2, 0.25) is 0 Å². The zero-order valence-electron chi connectivity index (χ0n) is 7.68. The third kappa shape index (κ3) is 1.26. The number of hydrogen-bond donors (Lipinski definition) is 0. The maximum atomic E-state index is 11.4. The summed E-state index contributed by atoms with van der Waals surface area (Å²) in [5.74, 6) is -0.273. The van der Waals surface area contributed by atoms with E-state index in [1.165, 1.54) is 11.8 Å². The minimum Gasteiger partial charge on any atom is -0.275 e. The molecule has 0 saturated carbocycles. The number of amides is 2. The van der Waals surface area contributed by atoms with Crippen molar-refractivity contribution in [2.24, 2.45) is 0 Å². The molecule has 0 N–H and O–H groups in total. The van der Waals surface area contributed by atoms with Gasteiger partial charge in [0, 0.05) is 12.5 Å². The molecule has 0 unspecified atom stereocenters. The summed E-state index contributed by atoms with van der Waals surface area (Å²) in [7, 11) is 0. The maximum Gasteiger partial charge on any atom is 0.256 e. The molecule has 12 heavy (non-hydrogen) atoms. The number of carbonyl (C=O) groups is 2. The first-order valence-electron chi connectivity index (χ1n) is 4.09. The lowest BCUT2D eigenvalue weighted by Crippen LogP contribution is -2.31. The molecule has 66 valence electrons. The van der Waals surface area contributed by atoms with Crippen LogP contribution in [0.25, 0.3) is 0 Å². The highest BCUT2D eigenvalue weighted by Gasteiger charge is 2.28. The minimum atomic E-state index is -0.164. The van der Waals surface area contributed by atoms with Gasteiger partial charge < -0.3 is 0 Å². The molecule has 0 aromatic heterocycles. The first kappa shape index (κ1) is 8.97. The van der Waals surface area contributed by atoms with Gasteiger partial charge in [-0.3, -0.25) is 14.5 Å². The molecule has 0 aliphatic carbocycles. The van der Waals surface area contributed by atoms with Gasteiger partial charge in [-0.25, -0.2) is 0 Å². The Kier molecular flexibility index (Phi) is 2.31. The first-order valence-corrected chi connectivity index (χ1v) is 4.09. The molecular weight excluding hydrogens is 154 g/mol. The summed E-state index contributed by atoms with van der Waals surface area (Å²) in [5, 5.41) is 0. The monoisotopic (exact) mass is 167 g/mol. The van der Waals surface area contributed by atoms with Crippen molar-refractivity contribution >= 4 is 11.8 Å². The molecule has 0 saturated heterocycles. The summed E-state index contributed by atoms with van der Waals surface area (Å²) in [6, 6.07) is 0. The SMILES string of the molecule is CCC1=C(C)CN(C(C)=O)C1=O. The number of carbonyl (C=O) groups excluding carboxylic acids is 2. The highest BCUT2D eigenvalue weighted by Crippen LogP contribution is 2.20. The van der Waals surface area contributed by atoms with Gasteiger partial charge in [0.05, 0.1) is 6.54 Å². The van der Waals surface area contributed by atoms with Crippen LogP contribution in [0.15, 0.2) is 11.1 Å². The molecule has 3 nitrogen and oxygen atoms in total. The van der Waals surface area contributed by atoms with Crippen LogP contribution in [-0.2, 0) is 9.59 Å². The Hall–Kier alpha value is -1.12. The Balaban J connectivity index is 2.87. The lowest BCUT2D eigenvalue weighted by Gasteiger charge is -2.10. The Morgan fingerprint density at radius 1 is 1.58 bits per heavy atom. The van der Waals surface area contributed by atoms with Gasteiger partial charge in [-0.2, -0.15) is 0 Å². The topological polar surface area (TPSA) is 37.4 Å². The first-order chi connectivity index (χ1) is 5.57. The van der Waals surface area contributed by atoms with Crippen molar-refractivity contribution in [2.45, 2.75) is 27.2 Å². The van der Waals surface area contributed by atoms with E-state index in [-0.39, 0.29) is 11.8 Å². The summed E-state index contributed by atoms with van der Waals surface area (Å²) in [6.07, 6.45) is 0.717. The van der Waals surface area contributed by atoms with E-state index in [0.29, 0.717) is 13.0 Å². The number of nitrogens with zero attached hydrogens (tertiary/aromatic N) is 1. The van der Waals surface area contributed by atoms with Crippen LogP contribution in [-0.4, -0.2) is 23.3 Å². The van der Waals surface area contributed by atoms with Crippen LogP contribution in [0.1, 0.15) is 27.2 Å². The summed E-state index contributed by atoms with van der Waals surface area (Å²) in [5.41, 5.74) is 1.82. The van der Waals surface area contributed by atoms with Gasteiger partial charge >= 0.3 is 0 Å². The summed E-state index contributed by atoms with van der Waals surface area (Å²) in [4.78, 5) is 23.7. The second-order valence-electron chi connectivity index (χ2n) is 3.02. The fourth-order valence-corrected chi connectivity index (χ4v) is 1.46. The predicted octanol–water partition coefficient (Wildman–Crippen LogP) is 1.10. The van der Waals surface area contributed by atoms with E-state index >= 15 is 0 Å². The predicted molar refractivity (Wildman–Crippen MR) is 45.4 cm³/mol. The van der Waals surface area contributed by atoms with E-state index in [2.05, 4.69) is 0 Å². The van der Waals surface area contributed by atoms with Crippen molar-refractivity contribution in [1.82, 2.24) is 4.90 Å². The lowest BCUT2D eigenvalue weighted by atomic mass is 10.1. The summed E-state index contributed by atoms with van der Waals surface area (Å²) < 4.78 is 0. The van der Waals surface area contributed by atoms with E-state index in [1.54, 1.807) is 0 Å². The summed E-state index contributed by atoms with van der Waals surface area (Å²) in [6.45, 7) is 5.74. The quantitative estimate of drug-likeness (QED) is 0.586. The molecule has 0 bridgehead atoms. The zero-order chi connectivity index (χ0) is 9.30. The van der Waals surface area contributed by atoms with Gasteiger partial charge in [-0.15, -0.1) is 0 Å². The van der Waals surface area contributed by atoms with Crippen molar-refractivity contribution < 1.29 is 9.59 Å². The molecule has 1 aliphatic heterocycles. The van der Waals surface area contributed by atoms with E-state index in [4.69, 9.17) is 0 Å². The van der Waals surface area contributed by atoms with Crippen LogP contribution < -0.4 is 0 Å². The molecule has 1 heterocycles. The zero-order valence-corrected chi connectivity index (χ0v) is 7.68. The second-order valence-corrected chi connectivity index (χ2v) is 3.02. The standard InChI is InChI=1S/C9H13NO2/c1-4-8-6(2)5-10(7(3)11)9(8)12/h4-5H2,1-3H3. The van der Waals surface area contributed by atoms with Crippen molar-refractivity contribution in [3.8, 4) is 0 Å². The average molecular weight is 167 g/mol. The molecule has 0 radical (unpaired) electrons.